The number of nitrogens with zero attached hydrogens (tertiary/aromatic N) is 1. The molecule has 21 heavy (non-hydrogen) atoms. The maximum absolute atomic E-state index is 13.1. The lowest BCUT2D eigenvalue weighted by Gasteiger charge is -2.24. The highest BCUT2D eigenvalue weighted by Gasteiger charge is 2.12. The summed E-state index contributed by atoms with van der Waals surface area (Å²) in [4.78, 5) is 4.49. The minimum atomic E-state index is -0.300. The number of benzene rings is 1. The summed E-state index contributed by atoms with van der Waals surface area (Å²) in [6, 6.07) is 6.14. The molecule has 0 aliphatic carbocycles. The zero-order valence-corrected chi connectivity index (χ0v) is 13.5. The van der Waals surface area contributed by atoms with Crippen LogP contribution in [0.3, 0.4) is 0 Å². The molecule has 0 amide bonds. The maximum Gasteiger partial charge on any atom is 0.191 e. The van der Waals surface area contributed by atoms with Crippen molar-refractivity contribution in [2.24, 2.45) is 4.99 Å². The molecular formula is C16H26FN3O. The summed E-state index contributed by atoms with van der Waals surface area (Å²) < 4.78 is 18.7. The molecule has 118 valence electrons. The molecule has 1 aromatic rings. The number of ether oxygens (including phenoxy) is 1. The van der Waals surface area contributed by atoms with Gasteiger partial charge >= 0.3 is 0 Å². The van der Waals surface area contributed by atoms with E-state index in [0.29, 0.717) is 12.3 Å². The van der Waals surface area contributed by atoms with Crippen molar-refractivity contribution < 1.29 is 9.13 Å². The normalized spacial score (nSPS) is 13.7. The topological polar surface area (TPSA) is 45.7 Å². The lowest BCUT2D eigenvalue weighted by atomic mass is 10.1. The molecule has 0 fully saturated rings. The van der Waals surface area contributed by atoms with E-state index in [1.54, 1.807) is 12.1 Å². The highest BCUT2D eigenvalue weighted by molar-refractivity contribution is 5.80. The molecule has 1 rings (SSSR count). The standard InChI is InChI=1S/C16H26FN3O/c1-6-18-15(20-16(3,4)5)19-11-12(2)21-14-9-7-8-13(17)10-14/h7-10,12H,6,11H2,1-5H3,(H2,18,19,20). The van der Waals surface area contributed by atoms with Gasteiger partial charge in [0, 0.05) is 18.2 Å². The van der Waals surface area contributed by atoms with E-state index >= 15 is 0 Å². The Balaban J connectivity index is 2.58. The van der Waals surface area contributed by atoms with Crippen molar-refractivity contribution in [1.82, 2.24) is 10.6 Å². The van der Waals surface area contributed by atoms with Crippen LogP contribution in [0.4, 0.5) is 4.39 Å². The lowest BCUT2D eigenvalue weighted by Crippen LogP contribution is -2.47. The van der Waals surface area contributed by atoms with Crippen molar-refractivity contribution in [2.75, 3.05) is 13.1 Å². The number of hydrogen-bond donors (Lipinski definition) is 2. The van der Waals surface area contributed by atoms with E-state index in [2.05, 4.69) is 36.4 Å². The molecule has 2 N–H and O–H groups in total. The monoisotopic (exact) mass is 295 g/mol. The van der Waals surface area contributed by atoms with Crippen molar-refractivity contribution in [2.45, 2.75) is 46.3 Å². The highest BCUT2D eigenvalue weighted by atomic mass is 19.1. The number of rotatable bonds is 5. The van der Waals surface area contributed by atoms with E-state index in [0.717, 1.165) is 12.5 Å². The minimum absolute atomic E-state index is 0.0618. The molecular weight excluding hydrogens is 269 g/mol. The zero-order valence-electron chi connectivity index (χ0n) is 13.5. The minimum Gasteiger partial charge on any atom is -0.489 e. The fourth-order valence-electron chi connectivity index (χ4n) is 1.69. The van der Waals surface area contributed by atoms with Crippen molar-refractivity contribution >= 4 is 5.96 Å². The summed E-state index contributed by atoms with van der Waals surface area (Å²) in [5.74, 6) is 0.970. The smallest absolute Gasteiger partial charge is 0.191 e. The van der Waals surface area contributed by atoms with Crippen LogP contribution < -0.4 is 15.4 Å². The van der Waals surface area contributed by atoms with Crippen LogP contribution >= 0.6 is 0 Å². The molecule has 1 aromatic carbocycles. The predicted molar refractivity (Wildman–Crippen MR) is 85.4 cm³/mol. The Morgan fingerprint density at radius 1 is 1.38 bits per heavy atom. The number of halogens is 1. The zero-order chi connectivity index (χ0) is 15.9. The fraction of sp³-hybridized carbons (Fsp3) is 0.562. The van der Waals surface area contributed by atoms with Gasteiger partial charge < -0.3 is 15.4 Å². The molecule has 0 radical (unpaired) electrons. The Bertz CT molecular complexity index is 469. The second-order valence-corrected chi connectivity index (χ2v) is 5.98. The van der Waals surface area contributed by atoms with Crippen LogP contribution in [0.1, 0.15) is 34.6 Å². The second-order valence-electron chi connectivity index (χ2n) is 5.98. The number of aliphatic imine (C=N–C) groups is 1. The molecule has 0 bridgehead atoms. The van der Waals surface area contributed by atoms with E-state index in [4.69, 9.17) is 4.74 Å². The molecule has 0 aliphatic heterocycles. The Kier molecular flexibility index (Phi) is 6.46. The third kappa shape index (κ3) is 7.54. The van der Waals surface area contributed by atoms with Gasteiger partial charge in [-0.1, -0.05) is 6.07 Å². The van der Waals surface area contributed by atoms with Gasteiger partial charge in [0.1, 0.15) is 17.7 Å². The fourth-order valence-corrected chi connectivity index (χ4v) is 1.69. The summed E-state index contributed by atoms with van der Waals surface area (Å²) in [5, 5.41) is 6.50. The summed E-state index contributed by atoms with van der Waals surface area (Å²) in [5.41, 5.74) is -0.0618. The number of hydrogen-bond acceptors (Lipinski definition) is 2. The average molecular weight is 295 g/mol. The SMILES string of the molecule is CCNC(=NCC(C)Oc1cccc(F)c1)NC(C)(C)C. The van der Waals surface area contributed by atoms with E-state index in [1.165, 1.54) is 12.1 Å². The Hall–Kier alpha value is -1.78. The Morgan fingerprint density at radius 3 is 2.67 bits per heavy atom. The first kappa shape index (κ1) is 17.3. The Morgan fingerprint density at radius 2 is 2.10 bits per heavy atom. The molecule has 0 saturated heterocycles. The van der Waals surface area contributed by atoms with Crippen molar-refractivity contribution in [3.63, 3.8) is 0 Å². The van der Waals surface area contributed by atoms with Gasteiger partial charge in [-0.2, -0.15) is 0 Å². The van der Waals surface area contributed by atoms with Gasteiger partial charge in [0.2, 0.25) is 0 Å². The molecule has 5 heteroatoms. The number of guanidine groups is 1. The molecule has 0 saturated carbocycles. The quantitative estimate of drug-likeness (QED) is 0.648. The first-order chi connectivity index (χ1) is 9.80. The van der Waals surface area contributed by atoms with Crippen LogP contribution in [-0.4, -0.2) is 30.7 Å². The van der Waals surface area contributed by atoms with E-state index in [9.17, 15) is 4.39 Å². The highest BCUT2D eigenvalue weighted by Crippen LogP contribution is 2.13. The van der Waals surface area contributed by atoms with Gasteiger partial charge in [-0.25, -0.2) is 9.38 Å². The summed E-state index contributed by atoms with van der Waals surface area (Å²) in [6.45, 7) is 11.4. The van der Waals surface area contributed by atoms with E-state index < -0.39 is 0 Å². The van der Waals surface area contributed by atoms with Gasteiger partial charge in [-0.15, -0.1) is 0 Å². The van der Waals surface area contributed by atoms with Gasteiger partial charge in [0.05, 0.1) is 6.54 Å². The van der Waals surface area contributed by atoms with E-state index in [-0.39, 0.29) is 17.5 Å². The third-order valence-corrected chi connectivity index (χ3v) is 2.48. The molecule has 4 nitrogen and oxygen atoms in total. The van der Waals surface area contributed by atoms with Crippen LogP contribution in [0.15, 0.2) is 29.3 Å². The largest absolute Gasteiger partial charge is 0.489 e. The third-order valence-electron chi connectivity index (χ3n) is 2.48. The molecule has 0 aromatic heterocycles. The van der Waals surface area contributed by atoms with Gasteiger partial charge in [-0.05, 0) is 46.8 Å². The van der Waals surface area contributed by atoms with Gasteiger partial charge in [-0.3, -0.25) is 0 Å². The van der Waals surface area contributed by atoms with Crippen LogP contribution in [0.25, 0.3) is 0 Å². The second kappa shape index (κ2) is 7.86. The molecule has 1 atom stereocenters. The Labute approximate surface area is 126 Å². The first-order valence-electron chi connectivity index (χ1n) is 7.29. The van der Waals surface area contributed by atoms with Gasteiger partial charge in [0.15, 0.2) is 5.96 Å². The van der Waals surface area contributed by atoms with Gasteiger partial charge in [0.25, 0.3) is 0 Å². The summed E-state index contributed by atoms with van der Waals surface area (Å²) in [6.07, 6.45) is -0.137. The molecule has 0 heterocycles. The predicted octanol–water partition coefficient (Wildman–Crippen LogP) is 2.95. The van der Waals surface area contributed by atoms with E-state index in [1.807, 2.05) is 13.8 Å². The average Bonchev–Trinajstić information content (AvgIpc) is 2.34. The van der Waals surface area contributed by atoms with Crippen LogP contribution in [0, 0.1) is 5.82 Å². The lowest BCUT2D eigenvalue weighted by molar-refractivity contribution is 0.229. The number of nitrogens with one attached hydrogen (secondary N) is 2. The summed E-state index contributed by atoms with van der Waals surface area (Å²) in [7, 11) is 0. The van der Waals surface area contributed by atoms with Crippen molar-refractivity contribution in [1.29, 1.82) is 0 Å². The summed E-state index contributed by atoms with van der Waals surface area (Å²) >= 11 is 0. The van der Waals surface area contributed by atoms with Crippen molar-refractivity contribution in [3.8, 4) is 5.75 Å². The maximum atomic E-state index is 13.1. The first-order valence-corrected chi connectivity index (χ1v) is 7.29. The van der Waals surface area contributed by atoms with Crippen LogP contribution in [-0.2, 0) is 0 Å². The van der Waals surface area contributed by atoms with Crippen LogP contribution in [0.2, 0.25) is 0 Å². The molecule has 0 aliphatic rings. The molecule has 1 unspecified atom stereocenters. The van der Waals surface area contributed by atoms with Crippen molar-refractivity contribution in [3.05, 3.63) is 30.1 Å². The van der Waals surface area contributed by atoms with Crippen LogP contribution in [0.5, 0.6) is 5.75 Å². The molecule has 0 spiro atoms.